The highest BCUT2D eigenvalue weighted by molar-refractivity contribution is 5.85. The molecule has 0 aliphatic heterocycles. The molecule has 0 fully saturated rings. The molecule has 0 aliphatic carbocycles. The number of benzene rings is 1. The van der Waals surface area contributed by atoms with Crippen molar-refractivity contribution in [3.8, 4) is 0 Å². The molecule has 5 nitrogen and oxygen atoms in total. The predicted octanol–water partition coefficient (Wildman–Crippen LogP) is 1.56. The van der Waals surface area contributed by atoms with E-state index in [2.05, 4.69) is 4.98 Å². The Kier molecular flexibility index (Phi) is 3.97. The lowest BCUT2D eigenvalue weighted by molar-refractivity contribution is 0.0691. The summed E-state index contributed by atoms with van der Waals surface area (Å²) < 4.78 is 0. The Morgan fingerprint density at radius 2 is 1.56 bits per heavy atom. The maximum absolute atomic E-state index is 10.0. The van der Waals surface area contributed by atoms with Gasteiger partial charge in [-0.1, -0.05) is 0 Å². The second-order valence-electron chi connectivity index (χ2n) is 3.06. The third-order valence-electron chi connectivity index (χ3n) is 1.76. The Hall–Kier alpha value is -2.43. The molecule has 0 amide bonds. The smallest absolute Gasteiger partial charge is 0.352 e. The van der Waals surface area contributed by atoms with Crippen molar-refractivity contribution in [1.82, 2.24) is 4.98 Å². The fraction of sp³-hybridized carbons (Fsp3) is 0. The van der Waals surface area contributed by atoms with Crippen LogP contribution in [0.2, 0.25) is 0 Å². The van der Waals surface area contributed by atoms with Crippen LogP contribution in [0.25, 0.3) is 0 Å². The van der Waals surface area contributed by atoms with Crippen LogP contribution in [0.15, 0.2) is 42.6 Å². The highest BCUT2D eigenvalue weighted by atomic mass is 16.4. The van der Waals surface area contributed by atoms with E-state index in [9.17, 15) is 4.79 Å². The van der Waals surface area contributed by atoms with Crippen LogP contribution in [0.3, 0.4) is 0 Å². The van der Waals surface area contributed by atoms with Crippen molar-refractivity contribution in [2.24, 2.45) is 0 Å². The first-order valence-electron chi connectivity index (χ1n) is 4.57. The van der Waals surface area contributed by atoms with Gasteiger partial charge in [-0.25, -0.2) is 4.79 Å². The van der Waals surface area contributed by atoms with Crippen LogP contribution < -0.4 is 11.5 Å². The van der Waals surface area contributed by atoms with Gasteiger partial charge in [0.15, 0.2) is 0 Å². The Labute approximate surface area is 92.7 Å². The number of hydrogen-bond donors (Lipinski definition) is 4. The first-order chi connectivity index (χ1) is 7.59. The average Bonchev–Trinajstić information content (AvgIpc) is 2.77. The maximum atomic E-state index is 10.0. The summed E-state index contributed by atoms with van der Waals surface area (Å²) in [4.78, 5) is 12.6. The van der Waals surface area contributed by atoms with Crippen LogP contribution in [0.4, 0.5) is 11.4 Å². The van der Waals surface area contributed by atoms with Gasteiger partial charge in [-0.2, -0.15) is 0 Å². The molecule has 2 aromatic rings. The van der Waals surface area contributed by atoms with Crippen molar-refractivity contribution in [2.45, 2.75) is 0 Å². The zero-order valence-corrected chi connectivity index (χ0v) is 8.55. The molecule has 1 aromatic heterocycles. The van der Waals surface area contributed by atoms with Crippen molar-refractivity contribution in [3.63, 3.8) is 0 Å². The Morgan fingerprint density at radius 1 is 1.06 bits per heavy atom. The van der Waals surface area contributed by atoms with Gasteiger partial charge in [0.05, 0.1) is 0 Å². The van der Waals surface area contributed by atoms with Crippen molar-refractivity contribution in [1.29, 1.82) is 0 Å². The topological polar surface area (TPSA) is 105 Å². The molecule has 6 N–H and O–H groups in total. The largest absolute Gasteiger partial charge is 0.477 e. The molecule has 0 radical (unpaired) electrons. The van der Waals surface area contributed by atoms with Gasteiger partial charge in [-0.3, -0.25) is 0 Å². The number of carboxylic acid groups (broad SMARTS) is 1. The van der Waals surface area contributed by atoms with Gasteiger partial charge in [0.25, 0.3) is 0 Å². The van der Waals surface area contributed by atoms with Gasteiger partial charge in [0.1, 0.15) is 5.69 Å². The summed E-state index contributed by atoms with van der Waals surface area (Å²) >= 11 is 0. The number of carbonyl (C=O) groups is 1. The molecule has 0 spiro atoms. The lowest BCUT2D eigenvalue weighted by atomic mass is 10.3. The van der Waals surface area contributed by atoms with Crippen LogP contribution in [-0.4, -0.2) is 16.1 Å². The minimum atomic E-state index is -0.921. The van der Waals surface area contributed by atoms with Gasteiger partial charge in [-0.05, 0) is 36.4 Å². The lowest BCUT2D eigenvalue weighted by Crippen LogP contribution is -1.94. The number of aromatic nitrogens is 1. The number of aromatic amines is 1. The molecular weight excluding hydrogens is 206 g/mol. The SMILES string of the molecule is Nc1ccc(N)cc1.O=C(O)c1ccc[nH]1. The Balaban J connectivity index is 0.000000160. The number of anilines is 2. The summed E-state index contributed by atoms with van der Waals surface area (Å²) in [6.07, 6.45) is 1.57. The van der Waals surface area contributed by atoms with Crippen LogP contribution in [0.5, 0.6) is 0 Å². The van der Waals surface area contributed by atoms with E-state index < -0.39 is 5.97 Å². The van der Waals surface area contributed by atoms with Crippen LogP contribution >= 0.6 is 0 Å². The Morgan fingerprint density at radius 3 is 1.81 bits per heavy atom. The molecule has 0 aliphatic rings. The van der Waals surface area contributed by atoms with E-state index in [0.717, 1.165) is 11.4 Å². The predicted molar refractivity (Wildman–Crippen MR) is 63.0 cm³/mol. The van der Waals surface area contributed by atoms with Gasteiger partial charge in [-0.15, -0.1) is 0 Å². The fourth-order valence-electron chi connectivity index (χ4n) is 0.959. The number of hydrogen-bond acceptors (Lipinski definition) is 3. The van der Waals surface area contributed by atoms with Crippen molar-refractivity contribution in [2.75, 3.05) is 11.5 Å². The molecule has 84 valence electrons. The van der Waals surface area contributed by atoms with E-state index in [1.165, 1.54) is 6.07 Å². The lowest BCUT2D eigenvalue weighted by Gasteiger charge is -1.90. The van der Waals surface area contributed by atoms with E-state index in [1.807, 2.05) is 0 Å². The molecule has 2 rings (SSSR count). The summed E-state index contributed by atoms with van der Waals surface area (Å²) in [6.45, 7) is 0. The van der Waals surface area contributed by atoms with Gasteiger partial charge in [0.2, 0.25) is 0 Å². The van der Waals surface area contributed by atoms with Gasteiger partial charge < -0.3 is 21.6 Å². The summed E-state index contributed by atoms with van der Waals surface area (Å²) in [7, 11) is 0. The third kappa shape index (κ3) is 3.75. The molecule has 1 aromatic carbocycles. The number of nitrogens with one attached hydrogen (secondary N) is 1. The summed E-state index contributed by atoms with van der Waals surface area (Å²) in [5, 5.41) is 8.24. The minimum Gasteiger partial charge on any atom is -0.477 e. The number of aromatic carboxylic acids is 1. The van der Waals surface area contributed by atoms with E-state index in [-0.39, 0.29) is 5.69 Å². The number of nitrogens with two attached hydrogens (primary N) is 2. The van der Waals surface area contributed by atoms with Crippen LogP contribution in [-0.2, 0) is 0 Å². The van der Waals surface area contributed by atoms with Crippen LogP contribution in [0.1, 0.15) is 10.5 Å². The molecule has 16 heavy (non-hydrogen) atoms. The normalized spacial score (nSPS) is 9.00. The summed E-state index contributed by atoms with van der Waals surface area (Å²) in [6, 6.07) is 10.2. The zero-order valence-electron chi connectivity index (χ0n) is 8.55. The van der Waals surface area contributed by atoms with Gasteiger partial charge >= 0.3 is 5.97 Å². The van der Waals surface area contributed by atoms with Crippen molar-refractivity contribution < 1.29 is 9.90 Å². The highest BCUT2D eigenvalue weighted by Gasteiger charge is 1.98. The second kappa shape index (κ2) is 5.45. The molecule has 0 unspecified atom stereocenters. The third-order valence-corrected chi connectivity index (χ3v) is 1.76. The van der Waals surface area contributed by atoms with Crippen molar-refractivity contribution >= 4 is 17.3 Å². The molecule has 0 bridgehead atoms. The molecule has 5 heteroatoms. The number of rotatable bonds is 1. The first kappa shape index (κ1) is 11.6. The molecule has 1 heterocycles. The average molecular weight is 219 g/mol. The number of nitrogen functional groups attached to an aromatic ring is 2. The second-order valence-corrected chi connectivity index (χ2v) is 3.06. The fourth-order valence-corrected chi connectivity index (χ4v) is 0.959. The molecule has 0 atom stereocenters. The van der Waals surface area contributed by atoms with E-state index >= 15 is 0 Å². The van der Waals surface area contributed by atoms with Gasteiger partial charge in [0, 0.05) is 17.6 Å². The van der Waals surface area contributed by atoms with Crippen molar-refractivity contribution in [3.05, 3.63) is 48.3 Å². The minimum absolute atomic E-state index is 0.227. The quantitative estimate of drug-likeness (QED) is 0.546. The molecular formula is C11H13N3O2. The molecule has 0 saturated carbocycles. The van der Waals surface area contributed by atoms with Crippen LogP contribution in [0, 0.1) is 0 Å². The van der Waals surface area contributed by atoms with E-state index in [4.69, 9.17) is 16.6 Å². The summed E-state index contributed by atoms with van der Waals surface area (Å²) in [5.74, 6) is -0.921. The van der Waals surface area contributed by atoms with E-state index in [1.54, 1.807) is 36.5 Å². The first-order valence-corrected chi connectivity index (χ1v) is 4.57. The Bertz CT molecular complexity index is 414. The molecule has 0 saturated heterocycles. The highest BCUT2D eigenvalue weighted by Crippen LogP contribution is 2.04. The monoisotopic (exact) mass is 219 g/mol. The van der Waals surface area contributed by atoms with E-state index in [0.29, 0.717) is 0 Å². The zero-order chi connectivity index (χ0) is 12.0. The standard InChI is InChI=1S/C6H8N2.C5H5NO2/c7-5-1-2-6(8)4-3-5;7-5(8)4-2-1-3-6-4/h1-4H,7-8H2;1-3,6H,(H,7,8). The maximum Gasteiger partial charge on any atom is 0.352 e. The summed E-state index contributed by atoms with van der Waals surface area (Å²) in [5.41, 5.74) is 12.5. The number of H-pyrrole nitrogens is 1. The number of carboxylic acids is 1.